The molecule has 0 bridgehead atoms. The summed E-state index contributed by atoms with van der Waals surface area (Å²) < 4.78 is 5.70. The summed E-state index contributed by atoms with van der Waals surface area (Å²) in [5.74, 6) is 0.810. The Morgan fingerprint density at radius 3 is 3.22 bits per heavy atom. The highest BCUT2D eigenvalue weighted by Crippen LogP contribution is 2.32. The van der Waals surface area contributed by atoms with Crippen molar-refractivity contribution < 1.29 is 9.84 Å². The van der Waals surface area contributed by atoms with Crippen LogP contribution in [-0.2, 0) is 13.0 Å². The number of aliphatic hydroxyl groups excluding tert-OH is 1. The van der Waals surface area contributed by atoms with Gasteiger partial charge in [-0.3, -0.25) is 0 Å². The van der Waals surface area contributed by atoms with E-state index in [0.29, 0.717) is 6.61 Å². The minimum absolute atomic E-state index is 0.336. The van der Waals surface area contributed by atoms with Gasteiger partial charge in [-0.1, -0.05) is 6.07 Å². The van der Waals surface area contributed by atoms with Gasteiger partial charge in [0.05, 0.1) is 6.10 Å². The Balaban J connectivity index is 1.75. The van der Waals surface area contributed by atoms with E-state index < -0.39 is 0 Å². The molecule has 4 heteroatoms. The van der Waals surface area contributed by atoms with E-state index in [1.54, 1.807) is 17.5 Å². The predicted molar refractivity (Wildman–Crippen MR) is 70.8 cm³/mol. The summed E-state index contributed by atoms with van der Waals surface area (Å²) >= 11 is 1.59. The first-order valence-corrected chi connectivity index (χ1v) is 7.03. The Morgan fingerprint density at radius 2 is 2.39 bits per heavy atom. The molecular formula is C14H15NO2S. The zero-order valence-electron chi connectivity index (χ0n) is 10.0. The molecule has 3 nitrogen and oxygen atoms in total. The van der Waals surface area contributed by atoms with Gasteiger partial charge in [0.1, 0.15) is 17.4 Å². The van der Waals surface area contributed by atoms with Crippen LogP contribution in [0.3, 0.4) is 0 Å². The van der Waals surface area contributed by atoms with Crippen LogP contribution < -0.4 is 4.74 Å². The molecule has 94 valence electrons. The molecule has 0 fully saturated rings. The summed E-state index contributed by atoms with van der Waals surface area (Å²) in [5.41, 5.74) is 2.27. The highest BCUT2D eigenvalue weighted by Gasteiger charge is 2.18. The van der Waals surface area contributed by atoms with Gasteiger partial charge in [0.2, 0.25) is 0 Å². The molecule has 1 aliphatic carbocycles. The molecule has 1 aliphatic rings. The normalized spacial score (nSPS) is 18.4. The van der Waals surface area contributed by atoms with Gasteiger partial charge in [0, 0.05) is 11.6 Å². The quantitative estimate of drug-likeness (QED) is 0.923. The molecule has 0 aliphatic heterocycles. The number of benzene rings is 1. The van der Waals surface area contributed by atoms with Gasteiger partial charge in [-0.15, -0.1) is 11.3 Å². The van der Waals surface area contributed by atoms with Gasteiger partial charge >= 0.3 is 0 Å². The summed E-state index contributed by atoms with van der Waals surface area (Å²) in [6, 6.07) is 6.01. The van der Waals surface area contributed by atoms with Crippen LogP contribution in [0.2, 0.25) is 0 Å². The number of rotatable bonds is 3. The second-order valence-corrected chi connectivity index (χ2v) is 5.46. The Bertz CT molecular complexity index is 525. The van der Waals surface area contributed by atoms with E-state index >= 15 is 0 Å². The van der Waals surface area contributed by atoms with E-state index in [0.717, 1.165) is 35.6 Å². The fourth-order valence-electron chi connectivity index (χ4n) is 2.31. The number of nitrogens with zero attached hydrogens (tertiary/aromatic N) is 1. The van der Waals surface area contributed by atoms with Crippen molar-refractivity contribution in [1.82, 2.24) is 4.98 Å². The number of fused-ring (bicyclic) bond motifs is 1. The summed E-state index contributed by atoms with van der Waals surface area (Å²) in [5, 5.41) is 12.9. The van der Waals surface area contributed by atoms with Crippen LogP contribution in [-0.4, -0.2) is 10.1 Å². The van der Waals surface area contributed by atoms with E-state index in [1.165, 1.54) is 5.56 Å². The number of aromatic nitrogens is 1. The third kappa shape index (κ3) is 2.40. The lowest BCUT2D eigenvalue weighted by atomic mass is 9.89. The maximum atomic E-state index is 9.97. The van der Waals surface area contributed by atoms with E-state index in [2.05, 4.69) is 11.1 Å². The highest BCUT2D eigenvalue weighted by molar-refractivity contribution is 7.09. The van der Waals surface area contributed by atoms with Crippen LogP contribution in [0.15, 0.2) is 29.8 Å². The molecule has 0 saturated heterocycles. The van der Waals surface area contributed by atoms with Crippen molar-refractivity contribution >= 4 is 11.3 Å². The molecule has 1 atom stereocenters. The van der Waals surface area contributed by atoms with Gasteiger partial charge < -0.3 is 9.84 Å². The topological polar surface area (TPSA) is 42.4 Å². The van der Waals surface area contributed by atoms with Crippen molar-refractivity contribution in [2.45, 2.75) is 32.0 Å². The molecule has 0 amide bonds. The first kappa shape index (κ1) is 11.7. The summed E-state index contributed by atoms with van der Waals surface area (Å²) in [4.78, 5) is 4.18. The monoisotopic (exact) mass is 261 g/mol. The molecule has 18 heavy (non-hydrogen) atoms. The summed E-state index contributed by atoms with van der Waals surface area (Å²) in [6.07, 6.45) is 4.41. The molecule has 1 N–H and O–H groups in total. The van der Waals surface area contributed by atoms with Crippen molar-refractivity contribution in [1.29, 1.82) is 0 Å². The number of thiazole rings is 1. The summed E-state index contributed by atoms with van der Waals surface area (Å²) in [7, 11) is 0. The smallest absolute Gasteiger partial charge is 0.140 e. The molecule has 0 spiro atoms. The fraction of sp³-hybridized carbons (Fsp3) is 0.357. The average Bonchev–Trinajstić information content (AvgIpc) is 2.90. The van der Waals surface area contributed by atoms with Gasteiger partial charge in [0.25, 0.3) is 0 Å². The number of hydrogen-bond donors (Lipinski definition) is 1. The van der Waals surface area contributed by atoms with Crippen molar-refractivity contribution in [3.8, 4) is 5.75 Å². The van der Waals surface area contributed by atoms with E-state index in [9.17, 15) is 5.11 Å². The second-order valence-electron chi connectivity index (χ2n) is 4.48. The predicted octanol–water partition coefficient (Wildman–Crippen LogP) is 3.09. The zero-order valence-corrected chi connectivity index (χ0v) is 10.8. The molecule has 2 aromatic rings. The minimum Gasteiger partial charge on any atom is -0.486 e. The maximum absolute atomic E-state index is 9.97. The molecule has 1 aromatic carbocycles. The molecule has 0 unspecified atom stereocenters. The lowest BCUT2D eigenvalue weighted by Crippen LogP contribution is -2.09. The van der Waals surface area contributed by atoms with E-state index in [1.807, 2.05) is 17.5 Å². The van der Waals surface area contributed by atoms with Crippen LogP contribution in [0.4, 0.5) is 0 Å². The highest BCUT2D eigenvalue weighted by atomic mass is 32.1. The van der Waals surface area contributed by atoms with E-state index in [4.69, 9.17) is 4.74 Å². The van der Waals surface area contributed by atoms with Gasteiger partial charge in [-0.25, -0.2) is 4.98 Å². The van der Waals surface area contributed by atoms with Crippen LogP contribution >= 0.6 is 11.3 Å². The number of ether oxygens (including phenoxy) is 1. The van der Waals surface area contributed by atoms with Crippen molar-refractivity contribution in [2.75, 3.05) is 0 Å². The lowest BCUT2D eigenvalue weighted by Gasteiger charge is -2.21. The van der Waals surface area contributed by atoms with Crippen LogP contribution in [0, 0.1) is 0 Å². The molecular weight excluding hydrogens is 246 g/mol. The Labute approximate surface area is 110 Å². The van der Waals surface area contributed by atoms with Crippen LogP contribution in [0.5, 0.6) is 5.75 Å². The Morgan fingerprint density at radius 1 is 1.44 bits per heavy atom. The van der Waals surface area contributed by atoms with Gasteiger partial charge in [-0.05, 0) is 42.5 Å². The average molecular weight is 261 g/mol. The lowest BCUT2D eigenvalue weighted by molar-refractivity contribution is 0.156. The fourth-order valence-corrected chi connectivity index (χ4v) is 2.84. The van der Waals surface area contributed by atoms with Gasteiger partial charge in [0.15, 0.2) is 0 Å². The van der Waals surface area contributed by atoms with E-state index in [-0.39, 0.29) is 6.10 Å². The number of aryl methyl sites for hydroxylation is 1. The molecule has 1 aromatic heterocycles. The zero-order chi connectivity index (χ0) is 12.4. The third-order valence-electron chi connectivity index (χ3n) is 3.25. The number of aliphatic hydroxyl groups is 1. The van der Waals surface area contributed by atoms with Crippen molar-refractivity contribution in [2.24, 2.45) is 0 Å². The SMILES string of the molecule is O[C@H]1CCCc2ccc(OCc3nccs3)cc21. The standard InChI is InChI=1S/C14H15NO2S/c16-13-3-1-2-10-4-5-11(8-12(10)13)17-9-14-15-6-7-18-14/h4-8,13,16H,1-3,9H2/t13-/m0/s1. The third-order valence-corrected chi connectivity index (χ3v) is 4.00. The first-order chi connectivity index (χ1) is 8.83. The maximum Gasteiger partial charge on any atom is 0.140 e. The summed E-state index contributed by atoms with van der Waals surface area (Å²) in [6.45, 7) is 0.493. The Kier molecular flexibility index (Phi) is 3.30. The first-order valence-electron chi connectivity index (χ1n) is 6.15. The molecule has 0 radical (unpaired) electrons. The minimum atomic E-state index is -0.336. The largest absolute Gasteiger partial charge is 0.486 e. The Hall–Kier alpha value is -1.39. The van der Waals surface area contributed by atoms with Crippen molar-refractivity contribution in [3.63, 3.8) is 0 Å². The second kappa shape index (κ2) is 5.08. The molecule has 3 rings (SSSR count). The number of hydrogen-bond acceptors (Lipinski definition) is 4. The van der Waals surface area contributed by atoms with Crippen molar-refractivity contribution in [3.05, 3.63) is 45.9 Å². The molecule has 0 saturated carbocycles. The van der Waals surface area contributed by atoms with Gasteiger partial charge in [-0.2, -0.15) is 0 Å². The molecule has 1 heterocycles. The van der Waals surface area contributed by atoms with Crippen LogP contribution in [0.25, 0.3) is 0 Å². The van der Waals surface area contributed by atoms with Crippen LogP contribution in [0.1, 0.15) is 35.1 Å².